The molecule has 1 aromatic heterocycles. The third-order valence-electron chi connectivity index (χ3n) is 7.99. The van der Waals surface area contributed by atoms with Gasteiger partial charge in [0, 0.05) is 36.5 Å². The summed E-state index contributed by atoms with van der Waals surface area (Å²) in [5, 5.41) is 5.82. The zero-order valence-electron chi connectivity index (χ0n) is 24.0. The van der Waals surface area contributed by atoms with Crippen molar-refractivity contribution < 1.29 is 23.5 Å². The number of halogens is 1. The molecule has 1 aliphatic carbocycles. The molecule has 5 rings (SSSR count). The minimum atomic E-state index is -0.754. The molecule has 3 amide bonds. The first-order valence-electron chi connectivity index (χ1n) is 13.7. The molecule has 3 aromatic rings. The number of rotatable bonds is 7. The van der Waals surface area contributed by atoms with Gasteiger partial charge in [-0.2, -0.15) is 0 Å². The zero-order chi connectivity index (χ0) is 29.5. The highest BCUT2D eigenvalue weighted by Gasteiger charge is 2.51. The monoisotopic (exact) mass is 558 g/mol. The van der Waals surface area contributed by atoms with Gasteiger partial charge in [-0.1, -0.05) is 39.0 Å². The molecule has 41 heavy (non-hydrogen) atoms. The number of pyridine rings is 1. The van der Waals surface area contributed by atoms with Crippen molar-refractivity contribution in [3.05, 3.63) is 88.4 Å². The molecule has 9 heteroatoms. The van der Waals surface area contributed by atoms with E-state index < -0.39 is 16.6 Å². The van der Waals surface area contributed by atoms with E-state index in [1.807, 2.05) is 37.3 Å². The minimum absolute atomic E-state index is 0.0551. The Kier molecular flexibility index (Phi) is 7.42. The maximum atomic E-state index is 14.2. The molecule has 2 aliphatic rings. The number of hydrogen-bond acceptors (Lipinski definition) is 5. The lowest BCUT2D eigenvalue weighted by Crippen LogP contribution is -2.43. The van der Waals surface area contributed by atoms with Crippen molar-refractivity contribution in [1.29, 1.82) is 0 Å². The number of hydrogen-bond donors (Lipinski definition) is 2. The minimum Gasteiger partial charge on any atom is -0.377 e. The second kappa shape index (κ2) is 10.7. The number of benzene rings is 2. The number of anilines is 2. The van der Waals surface area contributed by atoms with Crippen LogP contribution < -0.4 is 10.6 Å². The van der Waals surface area contributed by atoms with Crippen LogP contribution in [0.5, 0.6) is 0 Å². The number of carbonyl (C=O) groups excluding carboxylic acids is 3. The first-order chi connectivity index (χ1) is 19.4. The summed E-state index contributed by atoms with van der Waals surface area (Å²) in [5.41, 5.74) is 3.38. The van der Waals surface area contributed by atoms with Crippen LogP contribution in [0, 0.1) is 11.2 Å². The normalized spacial score (nSPS) is 18.0. The third-order valence-corrected chi connectivity index (χ3v) is 7.99. The van der Waals surface area contributed by atoms with E-state index in [1.165, 1.54) is 17.0 Å². The fraction of sp³-hybridized carbons (Fsp3) is 0.375. The van der Waals surface area contributed by atoms with Gasteiger partial charge in [0.15, 0.2) is 0 Å². The summed E-state index contributed by atoms with van der Waals surface area (Å²) >= 11 is 0. The third kappa shape index (κ3) is 5.46. The summed E-state index contributed by atoms with van der Waals surface area (Å²) in [6, 6.07) is 13.8. The van der Waals surface area contributed by atoms with Crippen LogP contribution in [0.15, 0.2) is 54.7 Å². The number of carbonyl (C=O) groups is 3. The van der Waals surface area contributed by atoms with Crippen LogP contribution in [0.25, 0.3) is 0 Å². The fourth-order valence-corrected chi connectivity index (χ4v) is 5.83. The molecule has 1 aliphatic heterocycles. The Hall–Kier alpha value is -4.11. The lowest BCUT2D eigenvalue weighted by molar-refractivity contribution is -0.142. The Morgan fingerprint density at radius 3 is 2.63 bits per heavy atom. The van der Waals surface area contributed by atoms with Crippen molar-refractivity contribution in [1.82, 2.24) is 9.88 Å². The van der Waals surface area contributed by atoms with Gasteiger partial charge >= 0.3 is 0 Å². The smallest absolute Gasteiger partial charge is 0.244 e. The van der Waals surface area contributed by atoms with Gasteiger partial charge in [0.1, 0.15) is 18.2 Å². The lowest BCUT2D eigenvalue weighted by Gasteiger charge is -2.30. The van der Waals surface area contributed by atoms with Gasteiger partial charge in [0.05, 0.1) is 11.5 Å². The highest BCUT2D eigenvalue weighted by Crippen LogP contribution is 2.47. The Bertz CT molecular complexity index is 1530. The molecule has 0 bridgehead atoms. The van der Waals surface area contributed by atoms with Crippen molar-refractivity contribution >= 4 is 29.2 Å². The molecular weight excluding hydrogens is 523 g/mol. The van der Waals surface area contributed by atoms with Gasteiger partial charge in [-0.15, -0.1) is 0 Å². The van der Waals surface area contributed by atoms with E-state index in [-0.39, 0.29) is 36.9 Å². The van der Waals surface area contributed by atoms with Crippen LogP contribution in [0.3, 0.4) is 0 Å². The predicted molar refractivity (Wildman–Crippen MR) is 154 cm³/mol. The molecular formula is C32H35FN4O4. The zero-order valence-corrected chi connectivity index (χ0v) is 24.0. The molecule has 8 nitrogen and oxygen atoms in total. The number of aromatic nitrogens is 1. The van der Waals surface area contributed by atoms with Gasteiger partial charge in [0.2, 0.25) is 17.7 Å². The largest absolute Gasteiger partial charge is 0.377 e. The van der Waals surface area contributed by atoms with Crippen LogP contribution in [0.2, 0.25) is 0 Å². The van der Waals surface area contributed by atoms with Crippen molar-refractivity contribution in [3.8, 4) is 0 Å². The summed E-state index contributed by atoms with van der Waals surface area (Å²) in [4.78, 5) is 45.5. The van der Waals surface area contributed by atoms with Crippen molar-refractivity contribution in [2.45, 2.75) is 58.6 Å². The second-order valence-corrected chi connectivity index (χ2v) is 12.0. The van der Waals surface area contributed by atoms with Crippen molar-refractivity contribution in [3.63, 3.8) is 0 Å². The summed E-state index contributed by atoms with van der Waals surface area (Å²) in [5.74, 6) is -0.498. The number of fused-ring (bicyclic) bond motifs is 3. The van der Waals surface area contributed by atoms with Crippen LogP contribution in [0.1, 0.15) is 61.6 Å². The van der Waals surface area contributed by atoms with E-state index in [0.29, 0.717) is 29.9 Å². The van der Waals surface area contributed by atoms with Gasteiger partial charge < -0.3 is 20.3 Å². The Labute approximate surface area is 239 Å². The number of methoxy groups -OCH3 is 1. The van der Waals surface area contributed by atoms with E-state index in [1.54, 1.807) is 40.1 Å². The van der Waals surface area contributed by atoms with E-state index in [0.717, 1.165) is 22.3 Å². The maximum Gasteiger partial charge on any atom is 0.244 e. The van der Waals surface area contributed by atoms with Gasteiger partial charge in [-0.05, 0) is 72.4 Å². The summed E-state index contributed by atoms with van der Waals surface area (Å²) in [6.07, 6.45) is 2.41. The number of nitrogens with zero attached hydrogens (tertiary/aromatic N) is 2. The number of ether oxygens (including phenoxy) is 1. The number of nitrogens with one attached hydrogen (secondary N) is 2. The van der Waals surface area contributed by atoms with Crippen LogP contribution >= 0.6 is 0 Å². The molecule has 0 saturated carbocycles. The summed E-state index contributed by atoms with van der Waals surface area (Å²) in [7, 11) is 1.57. The molecule has 2 N–H and O–H groups in total. The average molecular weight is 559 g/mol. The van der Waals surface area contributed by atoms with Gasteiger partial charge in [-0.3, -0.25) is 14.4 Å². The van der Waals surface area contributed by atoms with E-state index in [4.69, 9.17) is 4.74 Å². The van der Waals surface area contributed by atoms with Crippen LogP contribution in [0.4, 0.5) is 15.9 Å². The molecule has 214 valence electrons. The highest BCUT2D eigenvalue weighted by atomic mass is 19.1. The SMILES string of the molecule is COC(C)c1ccc(F)cc1CN(CC(=O)Nc1ccc2c(c1)CC1(C2)C(=O)Nc2ncccc21)C(=O)C(C)(C)C. The molecule has 2 aromatic carbocycles. The molecule has 2 heterocycles. The summed E-state index contributed by atoms with van der Waals surface area (Å²) in [6.45, 7) is 7.05. The molecule has 0 fully saturated rings. The quantitative estimate of drug-likeness (QED) is 0.428. The first-order valence-corrected chi connectivity index (χ1v) is 13.7. The van der Waals surface area contributed by atoms with Crippen molar-refractivity contribution in [2.24, 2.45) is 5.41 Å². The Balaban J connectivity index is 1.35. The second-order valence-electron chi connectivity index (χ2n) is 12.0. The predicted octanol–water partition coefficient (Wildman–Crippen LogP) is 4.93. The standard InChI is InChI=1S/C32H35FN4O4/c1-19(41-5)25-11-9-23(33)13-22(25)17-37(30(40)31(2,3)4)18-27(38)35-24-10-8-20-15-32(16-21(20)14-24)26-7-6-12-34-28(26)36-29(32)39/h6-14,19H,15-18H2,1-5H3,(H,35,38)(H,34,36,39). The lowest BCUT2D eigenvalue weighted by atomic mass is 9.79. The molecule has 0 saturated heterocycles. The fourth-order valence-electron chi connectivity index (χ4n) is 5.83. The maximum absolute atomic E-state index is 14.2. The van der Waals surface area contributed by atoms with Crippen molar-refractivity contribution in [2.75, 3.05) is 24.3 Å². The van der Waals surface area contributed by atoms with Gasteiger partial charge in [-0.25, -0.2) is 9.37 Å². The summed E-state index contributed by atoms with van der Waals surface area (Å²) < 4.78 is 19.7. The molecule has 2 unspecified atom stereocenters. The molecule has 2 atom stereocenters. The highest BCUT2D eigenvalue weighted by molar-refractivity contribution is 6.06. The average Bonchev–Trinajstić information content (AvgIpc) is 3.43. The van der Waals surface area contributed by atoms with Crippen LogP contribution in [-0.4, -0.2) is 41.3 Å². The Morgan fingerprint density at radius 1 is 1.15 bits per heavy atom. The van der Waals surface area contributed by atoms with Crippen LogP contribution in [-0.2, 0) is 43.9 Å². The topological polar surface area (TPSA) is 101 Å². The molecule has 0 radical (unpaired) electrons. The molecule has 1 spiro atoms. The Morgan fingerprint density at radius 2 is 1.90 bits per heavy atom. The van der Waals surface area contributed by atoms with E-state index in [2.05, 4.69) is 15.6 Å². The van der Waals surface area contributed by atoms with Gasteiger partial charge in [0.25, 0.3) is 0 Å². The number of amides is 3. The first kappa shape index (κ1) is 28.4. The van der Waals surface area contributed by atoms with E-state index in [9.17, 15) is 18.8 Å². The van der Waals surface area contributed by atoms with E-state index >= 15 is 0 Å².